The van der Waals surface area contributed by atoms with Crippen molar-refractivity contribution < 1.29 is 4.79 Å². The van der Waals surface area contributed by atoms with Crippen molar-refractivity contribution in [3.05, 3.63) is 65.7 Å². The van der Waals surface area contributed by atoms with Gasteiger partial charge >= 0.3 is 0 Å². The minimum absolute atomic E-state index is 0.0677. The number of para-hydroxylation sites is 1. The molecule has 0 spiro atoms. The van der Waals surface area contributed by atoms with Gasteiger partial charge in [0, 0.05) is 0 Å². The molecule has 1 saturated heterocycles. The standard InChI is InChI=1S/C16H16N2O/c1-12-7-5-6-10-14(12)15-11-18(17-16(15)19)13-8-3-2-4-9-13/h2-10,15H,11H2,1H3,(H,17,19). The number of carbonyl (C=O) groups is 1. The van der Waals surface area contributed by atoms with Gasteiger partial charge in [-0.3, -0.25) is 15.2 Å². The van der Waals surface area contributed by atoms with E-state index in [0.717, 1.165) is 16.8 Å². The second kappa shape index (κ2) is 4.76. The highest BCUT2D eigenvalue weighted by atomic mass is 16.2. The van der Waals surface area contributed by atoms with E-state index in [1.165, 1.54) is 0 Å². The average Bonchev–Trinajstić information content (AvgIpc) is 2.82. The summed E-state index contributed by atoms with van der Waals surface area (Å²) in [6.07, 6.45) is 0. The zero-order chi connectivity index (χ0) is 13.2. The summed E-state index contributed by atoms with van der Waals surface area (Å²) in [6.45, 7) is 2.72. The molecule has 1 amide bonds. The Labute approximate surface area is 112 Å². The van der Waals surface area contributed by atoms with Crippen LogP contribution in [0.5, 0.6) is 0 Å². The molecule has 0 aromatic heterocycles. The van der Waals surface area contributed by atoms with Gasteiger partial charge in [-0.05, 0) is 30.2 Å². The lowest BCUT2D eigenvalue weighted by atomic mass is 9.95. The fourth-order valence-electron chi connectivity index (χ4n) is 2.52. The summed E-state index contributed by atoms with van der Waals surface area (Å²) in [5, 5.41) is 1.92. The van der Waals surface area contributed by atoms with Crippen molar-refractivity contribution in [3.8, 4) is 0 Å². The van der Waals surface area contributed by atoms with E-state index >= 15 is 0 Å². The van der Waals surface area contributed by atoms with Crippen LogP contribution in [0.15, 0.2) is 54.6 Å². The molecule has 0 aliphatic carbocycles. The van der Waals surface area contributed by atoms with E-state index in [-0.39, 0.29) is 11.8 Å². The van der Waals surface area contributed by atoms with Crippen LogP contribution >= 0.6 is 0 Å². The summed E-state index contributed by atoms with van der Waals surface area (Å²) in [6, 6.07) is 18.0. The van der Waals surface area contributed by atoms with Crippen LogP contribution < -0.4 is 10.4 Å². The molecular formula is C16H16N2O. The van der Waals surface area contributed by atoms with Crippen molar-refractivity contribution in [2.75, 3.05) is 11.6 Å². The highest BCUT2D eigenvalue weighted by Gasteiger charge is 2.32. The van der Waals surface area contributed by atoms with E-state index < -0.39 is 0 Å². The Morgan fingerprint density at radius 2 is 1.74 bits per heavy atom. The van der Waals surface area contributed by atoms with Gasteiger partial charge in [-0.2, -0.15) is 0 Å². The average molecular weight is 252 g/mol. The summed E-state index contributed by atoms with van der Waals surface area (Å²) in [7, 11) is 0. The van der Waals surface area contributed by atoms with Crippen LogP contribution in [0.3, 0.4) is 0 Å². The Morgan fingerprint density at radius 3 is 2.47 bits per heavy atom. The van der Waals surface area contributed by atoms with E-state index in [9.17, 15) is 4.79 Å². The Kier molecular flexibility index (Phi) is 2.95. The molecule has 1 aliphatic rings. The maximum atomic E-state index is 12.2. The molecule has 1 fully saturated rings. The number of amides is 1. The molecular weight excluding hydrogens is 236 g/mol. The Hall–Kier alpha value is -2.29. The topological polar surface area (TPSA) is 32.3 Å². The zero-order valence-electron chi connectivity index (χ0n) is 10.8. The van der Waals surface area contributed by atoms with Crippen LogP contribution in [0.2, 0.25) is 0 Å². The highest BCUT2D eigenvalue weighted by molar-refractivity contribution is 5.89. The summed E-state index contributed by atoms with van der Waals surface area (Å²) in [5.74, 6) is -0.0282. The third kappa shape index (κ3) is 2.19. The molecule has 3 nitrogen and oxygen atoms in total. The summed E-state index contributed by atoms with van der Waals surface area (Å²) >= 11 is 0. The molecule has 3 heteroatoms. The molecule has 2 aromatic rings. The first-order valence-electron chi connectivity index (χ1n) is 6.44. The quantitative estimate of drug-likeness (QED) is 0.891. The molecule has 96 valence electrons. The molecule has 1 N–H and O–H groups in total. The van der Waals surface area contributed by atoms with Crippen molar-refractivity contribution in [3.63, 3.8) is 0 Å². The van der Waals surface area contributed by atoms with Gasteiger partial charge in [-0.25, -0.2) is 0 Å². The molecule has 1 unspecified atom stereocenters. The van der Waals surface area contributed by atoms with Crippen LogP contribution in [0.1, 0.15) is 17.0 Å². The van der Waals surface area contributed by atoms with Crippen LogP contribution in [-0.2, 0) is 4.79 Å². The summed E-state index contributed by atoms with van der Waals surface area (Å²) < 4.78 is 0. The molecule has 1 heterocycles. The van der Waals surface area contributed by atoms with Crippen molar-refractivity contribution in [1.82, 2.24) is 5.43 Å². The van der Waals surface area contributed by atoms with E-state index in [2.05, 4.69) is 5.43 Å². The molecule has 0 radical (unpaired) electrons. The molecule has 1 atom stereocenters. The number of hydrogen-bond donors (Lipinski definition) is 1. The van der Waals surface area contributed by atoms with Gasteiger partial charge < -0.3 is 0 Å². The lowest BCUT2D eigenvalue weighted by molar-refractivity contribution is -0.120. The maximum absolute atomic E-state index is 12.2. The van der Waals surface area contributed by atoms with Gasteiger partial charge in [-0.1, -0.05) is 42.5 Å². The van der Waals surface area contributed by atoms with Gasteiger partial charge in [-0.15, -0.1) is 0 Å². The zero-order valence-corrected chi connectivity index (χ0v) is 10.8. The molecule has 1 aliphatic heterocycles. The molecule has 0 bridgehead atoms. The lowest BCUT2D eigenvalue weighted by Gasteiger charge is -2.17. The Balaban J connectivity index is 1.87. The predicted octanol–water partition coefficient (Wildman–Crippen LogP) is 2.63. The number of anilines is 1. The first kappa shape index (κ1) is 11.8. The molecule has 2 aromatic carbocycles. The molecule has 3 rings (SSSR count). The third-order valence-electron chi connectivity index (χ3n) is 3.56. The van der Waals surface area contributed by atoms with Gasteiger partial charge in [0.1, 0.15) is 0 Å². The number of aryl methyl sites for hydroxylation is 1. The first-order valence-corrected chi connectivity index (χ1v) is 6.44. The number of benzene rings is 2. The predicted molar refractivity (Wildman–Crippen MR) is 75.9 cm³/mol. The van der Waals surface area contributed by atoms with Crippen LogP contribution in [0.4, 0.5) is 5.69 Å². The van der Waals surface area contributed by atoms with Gasteiger partial charge in [0.2, 0.25) is 5.91 Å². The summed E-state index contributed by atoms with van der Waals surface area (Å²) in [5.41, 5.74) is 6.23. The minimum atomic E-state index is -0.0959. The number of hydrogen-bond acceptors (Lipinski definition) is 2. The van der Waals surface area contributed by atoms with Gasteiger partial charge in [0.25, 0.3) is 0 Å². The van der Waals surface area contributed by atoms with E-state index in [4.69, 9.17) is 0 Å². The van der Waals surface area contributed by atoms with Gasteiger partial charge in [0.05, 0.1) is 18.2 Å². The SMILES string of the molecule is Cc1ccccc1C1CN(c2ccccc2)NC1=O. The highest BCUT2D eigenvalue weighted by Crippen LogP contribution is 2.27. The van der Waals surface area contributed by atoms with E-state index in [1.807, 2.05) is 66.5 Å². The largest absolute Gasteiger partial charge is 0.284 e. The third-order valence-corrected chi connectivity index (χ3v) is 3.56. The Morgan fingerprint density at radius 1 is 1.05 bits per heavy atom. The number of carbonyl (C=O) groups excluding carboxylic acids is 1. The molecule has 0 saturated carbocycles. The van der Waals surface area contributed by atoms with Crippen molar-refractivity contribution in [2.24, 2.45) is 0 Å². The fraction of sp³-hybridized carbons (Fsp3) is 0.188. The maximum Gasteiger partial charge on any atom is 0.247 e. The van der Waals surface area contributed by atoms with Crippen molar-refractivity contribution >= 4 is 11.6 Å². The van der Waals surface area contributed by atoms with Crippen LogP contribution in [0, 0.1) is 6.92 Å². The van der Waals surface area contributed by atoms with Gasteiger partial charge in [0.15, 0.2) is 0 Å². The monoisotopic (exact) mass is 252 g/mol. The van der Waals surface area contributed by atoms with Crippen molar-refractivity contribution in [2.45, 2.75) is 12.8 Å². The molecule has 19 heavy (non-hydrogen) atoms. The van der Waals surface area contributed by atoms with E-state index in [0.29, 0.717) is 6.54 Å². The number of nitrogens with zero attached hydrogens (tertiary/aromatic N) is 1. The minimum Gasteiger partial charge on any atom is -0.284 e. The number of nitrogens with one attached hydrogen (secondary N) is 1. The first-order chi connectivity index (χ1) is 9.25. The lowest BCUT2D eigenvalue weighted by Crippen LogP contribution is -2.32. The second-order valence-electron chi connectivity index (χ2n) is 4.83. The Bertz CT molecular complexity index is 595. The van der Waals surface area contributed by atoms with Crippen molar-refractivity contribution in [1.29, 1.82) is 0 Å². The van der Waals surface area contributed by atoms with Crippen LogP contribution in [0.25, 0.3) is 0 Å². The summed E-state index contributed by atoms with van der Waals surface area (Å²) in [4.78, 5) is 12.2. The normalized spacial score (nSPS) is 18.5. The fourth-order valence-corrected chi connectivity index (χ4v) is 2.52. The number of rotatable bonds is 2. The second-order valence-corrected chi connectivity index (χ2v) is 4.83. The smallest absolute Gasteiger partial charge is 0.247 e. The number of hydrazine groups is 1. The van der Waals surface area contributed by atoms with Crippen LogP contribution in [-0.4, -0.2) is 12.5 Å². The van der Waals surface area contributed by atoms with E-state index in [1.54, 1.807) is 0 Å².